The van der Waals surface area contributed by atoms with Crippen LogP contribution in [0.1, 0.15) is 24.8 Å². The molecule has 0 amide bonds. The lowest BCUT2D eigenvalue weighted by Gasteiger charge is -2.26. The minimum Gasteiger partial charge on any atom is -0.207 e. The zero-order valence-electron chi connectivity index (χ0n) is 16.4. The maximum atomic E-state index is 13.1. The molecule has 9 heteroatoms. The number of sulfonamides is 2. The molecule has 0 aromatic heterocycles. The molecule has 2 aliphatic heterocycles. The number of halogens is 1. The van der Waals surface area contributed by atoms with Crippen molar-refractivity contribution in [2.24, 2.45) is 0 Å². The van der Waals surface area contributed by atoms with E-state index in [4.69, 9.17) is 0 Å². The number of hydrogen-bond donors (Lipinski definition) is 0. The Labute approximate surface area is 176 Å². The highest BCUT2D eigenvalue weighted by Crippen LogP contribution is 2.27. The first-order valence-electron chi connectivity index (χ1n) is 9.84. The standard InChI is InChI=1S/C21H23FN2O4S2/c22-19-5-3-17(4-6-19)18-11-15-24(16-12-18)30(27,28)21-9-7-20(8-10-21)29(25,26)23-13-1-2-14-23/h3-11H,1-2,12-16H2. The van der Waals surface area contributed by atoms with Crippen LogP contribution >= 0.6 is 0 Å². The third kappa shape index (κ3) is 4.07. The Hall–Kier alpha value is -2.07. The van der Waals surface area contributed by atoms with Gasteiger partial charge in [-0.2, -0.15) is 8.61 Å². The first kappa shape index (κ1) is 21.2. The molecule has 160 valence electrons. The molecule has 6 nitrogen and oxygen atoms in total. The predicted molar refractivity (Wildman–Crippen MR) is 112 cm³/mol. The smallest absolute Gasteiger partial charge is 0.207 e. The number of rotatable bonds is 5. The van der Waals surface area contributed by atoms with Crippen LogP contribution in [0.4, 0.5) is 4.39 Å². The lowest BCUT2D eigenvalue weighted by Crippen LogP contribution is -2.34. The highest BCUT2D eigenvalue weighted by Gasteiger charge is 2.29. The van der Waals surface area contributed by atoms with E-state index in [-0.39, 0.29) is 22.2 Å². The normalized spacial score (nSPS) is 19.0. The molecule has 0 saturated carbocycles. The average molecular weight is 451 g/mol. The Morgan fingerprint density at radius 2 is 1.23 bits per heavy atom. The predicted octanol–water partition coefficient (Wildman–Crippen LogP) is 3.09. The van der Waals surface area contributed by atoms with Crippen molar-refractivity contribution < 1.29 is 21.2 Å². The van der Waals surface area contributed by atoms with E-state index in [1.807, 2.05) is 6.08 Å². The maximum Gasteiger partial charge on any atom is 0.243 e. The van der Waals surface area contributed by atoms with Crippen LogP contribution in [-0.4, -0.2) is 51.6 Å². The van der Waals surface area contributed by atoms with Gasteiger partial charge in [0.25, 0.3) is 0 Å². The average Bonchev–Trinajstić information content (AvgIpc) is 3.30. The molecule has 0 aliphatic carbocycles. The van der Waals surface area contributed by atoms with Gasteiger partial charge < -0.3 is 0 Å². The molecule has 0 bridgehead atoms. The second-order valence-corrected chi connectivity index (χ2v) is 11.3. The van der Waals surface area contributed by atoms with Gasteiger partial charge in [-0.25, -0.2) is 21.2 Å². The van der Waals surface area contributed by atoms with E-state index < -0.39 is 20.0 Å². The van der Waals surface area contributed by atoms with Crippen LogP contribution in [-0.2, 0) is 20.0 Å². The van der Waals surface area contributed by atoms with Gasteiger partial charge in [-0.1, -0.05) is 18.2 Å². The molecular formula is C21H23FN2O4S2. The third-order valence-corrected chi connectivity index (χ3v) is 9.34. The quantitative estimate of drug-likeness (QED) is 0.702. The van der Waals surface area contributed by atoms with E-state index in [0.717, 1.165) is 24.0 Å². The van der Waals surface area contributed by atoms with E-state index in [1.165, 1.54) is 45.0 Å². The Bertz CT molecular complexity index is 1150. The summed E-state index contributed by atoms with van der Waals surface area (Å²) >= 11 is 0. The summed E-state index contributed by atoms with van der Waals surface area (Å²) in [6, 6.07) is 11.6. The van der Waals surface area contributed by atoms with Gasteiger partial charge in [0.15, 0.2) is 0 Å². The first-order valence-corrected chi connectivity index (χ1v) is 12.7. The Kier molecular flexibility index (Phi) is 5.80. The van der Waals surface area contributed by atoms with E-state index in [9.17, 15) is 21.2 Å². The molecule has 0 atom stereocenters. The van der Waals surface area contributed by atoms with Crippen molar-refractivity contribution in [2.75, 3.05) is 26.2 Å². The van der Waals surface area contributed by atoms with Crippen LogP contribution in [0.15, 0.2) is 64.4 Å². The molecule has 2 heterocycles. The first-order chi connectivity index (χ1) is 14.3. The summed E-state index contributed by atoms with van der Waals surface area (Å²) < 4.78 is 67.1. The molecule has 1 saturated heterocycles. The largest absolute Gasteiger partial charge is 0.243 e. The number of hydrogen-bond acceptors (Lipinski definition) is 4. The summed E-state index contributed by atoms with van der Waals surface area (Å²) in [5, 5.41) is 0. The van der Waals surface area contributed by atoms with Gasteiger partial charge in [0.2, 0.25) is 20.0 Å². The van der Waals surface area contributed by atoms with Gasteiger partial charge >= 0.3 is 0 Å². The van der Waals surface area contributed by atoms with E-state index in [0.29, 0.717) is 26.1 Å². The van der Waals surface area contributed by atoms with Gasteiger partial charge in [-0.05, 0) is 66.8 Å². The van der Waals surface area contributed by atoms with E-state index in [1.54, 1.807) is 12.1 Å². The molecule has 2 aliphatic rings. The highest BCUT2D eigenvalue weighted by molar-refractivity contribution is 7.89. The summed E-state index contributed by atoms with van der Waals surface area (Å²) in [4.78, 5) is 0.182. The second kappa shape index (κ2) is 8.22. The minimum atomic E-state index is -3.74. The lowest BCUT2D eigenvalue weighted by atomic mass is 10.0. The summed E-state index contributed by atoms with van der Waals surface area (Å²) in [5.74, 6) is -0.311. The minimum absolute atomic E-state index is 0.0708. The maximum absolute atomic E-state index is 13.1. The van der Waals surface area contributed by atoms with Crippen LogP contribution in [0.3, 0.4) is 0 Å². The van der Waals surface area contributed by atoms with Crippen molar-refractivity contribution in [1.82, 2.24) is 8.61 Å². The van der Waals surface area contributed by atoms with Gasteiger partial charge in [0.05, 0.1) is 9.79 Å². The van der Waals surface area contributed by atoms with Gasteiger partial charge in [-0.15, -0.1) is 0 Å². The van der Waals surface area contributed by atoms with Crippen molar-refractivity contribution >= 4 is 25.6 Å². The summed E-state index contributed by atoms with van der Waals surface area (Å²) in [6.45, 7) is 1.51. The van der Waals surface area contributed by atoms with Gasteiger partial charge in [0, 0.05) is 26.2 Å². The number of nitrogens with zero attached hydrogens (tertiary/aromatic N) is 2. The van der Waals surface area contributed by atoms with Crippen LogP contribution in [0.2, 0.25) is 0 Å². The molecule has 1 fully saturated rings. The van der Waals surface area contributed by atoms with Crippen molar-refractivity contribution in [2.45, 2.75) is 29.1 Å². The fourth-order valence-corrected chi connectivity index (χ4v) is 6.70. The second-order valence-electron chi connectivity index (χ2n) is 7.43. The summed E-state index contributed by atoms with van der Waals surface area (Å²) in [6.07, 6.45) is 4.04. The molecule has 0 radical (unpaired) electrons. The Morgan fingerprint density at radius 1 is 0.700 bits per heavy atom. The van der Waals surface area contributed by atoms with Crippen LogP contribution in [0.5, 0.6) is 0 Å². The fourth-order valence-electron chi connectivity index (χ4n) is 3.81. The molecule has 2 aromatic rings. The van der Waals surface area contributed by atoms with Gasteiger partial charge in [0.1, 0.15) is 5.82 Å². The van der Waals surface area contributed by atoms with Gasteiger partial charge in [-0.3, -0.25) is 0 Å². The van der Waals surface area contributed by atoms with Crippen LogP contribution < -0.4 is 0 Å². The summed E-state index contributed by atoms with van der Waals surface area (Å²) in [5.41, 5.74) is 1.86. The lowest BCUT2D eigenvalue weighted by molar-refractivity contribution is 0.441. The highest BCUT2D eigenvalue weighted by atomic mass is 32.2. The SMILES string of the molecule is O=S(=O)(c1ccc(S(=O)(=O)N2CCCC2)cc1)N1CC=C(c2ccc(F)cc2)CC1. The van der Waals surface area contributed by atoms with Crippen molar-refractivity contribution in [3.63, 3.8) is 0 Å². The van der Waals surface area contributed by atoms with Crippen molar-refractivity contribution in [3.8, 4) is 0 Å². The van der Waals surface area contributed by atoms with Crippen molar-refractivity contribution in [1.29, 1.82) is 0 Å². The molecule has 0 unspecified atom stereocenters. The Balaban J connectivity index is 1.51. The van der Waals surface area contributed by atoms with E-state index in [2.05, 4.69) is 0 Å². The van der Waals surface area contributed by atoms with E-state index >= 15 is 0 Å². The number of benzene rings is 2. The molecule has 2 aromatic carbocycles. The molecule has 4 rings (SSSR count). The summed E-state index contributed by atoms with van der Waals surface area (Å²) in [7, 11) is -7.31. The monoisotopic (exact) mass is 450 g/mol. The van der Waals surface area contributed by atoms with Crippen LogP contribution in [0, 0.1) is 5.82 Å². The molecular weight excluding hydrogens is 427 g/mol. The van der Waals surface area contributed by atoms with Crippen LogP contribution in [0.25, 0.3) is 5.57 Å². The zero-order chi connectivity index (χ0) is 21.4. The Morgan fingerprint density at radius 3 is 1.73 bits per heavy atom. The molecule has 0 spiro atoms. The van der Waals surface area contributed by atoms with Crippen molar-refractivity contribution in [3.05, 3.63) is 66.0 Å². The third-order valence-electron chi connectivity index (χ3n) is 5.55. The molecule has 0 N–H and O–H groups in total. The topological polar surface area (TPSA) is 74.8 Å². The molecule has 30 heavy (non-hydrogen) atoms. The fraction of sp³-hybridized carbons (Fsp3) is 0.333. The zero-order valence-corrected chi connectivity index (χ0v) is 18.0.